The number of carbonyl (C=O) groups excluding carboxylic acids is 2. The van der Waals surface area contributed by atoms with Gasteiger partial charge in [0.2, 0.25) is 17.7 Å². The van der Waals surface area contributed by atoms with E-state index in [-0.39, 0.29) is 11.8 Å². The number of benzene rings is 1. The Balaban J connectivity index is 2.23. The first-order chi connectivity index (χ1) is 9.49. The Morgan fingerprint density at radius 1 is 1.25 bits per heavy atom. The molecule has 0 aliphatic carbocycles. The monoisotopic (exact) mass is 274 g/mol. The molecule has 0 fully saturated rings. The molecule has 7 heteroatoms. The first kappa shape index (κ1) is 13.7. The lowest BCUT2D eigenvalue weighted by molar-refractivity contribution is -0.120. The third-order valence-electron chi connectivity index (χ3n) is 2.74. The molecule has 2 aromatic rings. The maximum absolute atomic E-state index is 12.2. The molecule has 0 radical (unpaired) electrons. The number of carbonyl (C=O) groups is 2. The molecular weight excluding hydrogens is 260 g/mol. The molecule has 0 saturated heterocycles. The smallest absolute Gasteiger partial charge is 0.252 e. The fraction of sp³-hybridized carbons (Fsp3) is 0.231. The van der Waals surface area contributed by atoms with Crippen LogP contribution in [0.15, 0.2) is 28.7 Å². The minimum absolute atomic E-state index is 0.0306. The zero-order chi connectivity index (χ0) is 14.7. The lowest BCUT2D eigenvalue weighted by atomic mass is 10.1. The van der Waals surface area contributed by atoms with Crippen LogP contribution in [-0.2, 0) is 4.79 Å². The van der Waals surface area contributed by atoms with Gasteiger partial charge in [-0.3, -0.25) is 9.59 Å². The van der Waals surface area contributed by atoms with Crippen LogP contribution in [0.4, 0.5) is 0 Å². The largest absolute Gasteiger partial charge is 0.423 e. The van der Waals surface area contributed by atoms with Gasteiger partial charge in [-0.05, 0) is 18.6 Å². The van der Waals surface area contributed by atoms with E-state index in [4.69, 9.17) is 10.2 Å². The minimum atomic E-state index is -1.15. The van der Waals surface area contributed by atoms with Crippen LogP contribution in [0.25, 0.3) is 0 Å². The molecular formula is C13H14N4O3. The highest BCUT2D eigenvalue weighted by Gasteiger charge is 2.26. The number of rotatable bonds is 4. The van der Waals surface area contributed by atoms with Crippen molar-refractivity contribution in [3.8, 4) is 0 Å². The van der Waals surface area contributed by atoms with Gasteiger partial charge < -0.3 is 15.5 Å². The van der Waals surface area contributed by atoms with Gasteiger partial charge in [-0.1, -0.05) is 18.2 Å². The molecule has 1 aromatic carbocycles. The first-order valence-corrected chi connectivity index (χ1v) is 5.95. The fourth-order valence-corrected chi connectivity index (χ4v) is 1.72. The summed E-state index contributed by atoms with van der Waals surface area (Å²) in [6.07, 6.45) is 0. The second-order valence-corrected chi connectivity index (χ2v) is 4.28. The molecule has 1 heterocycles. The molecule has 3 N–H and O–H groups in total. The summed E-state index contributed by atoms with van der Waals surface area (Å²) in [6, 6.07) is 5.85. The molecule has 20 heavy (non-hydrogen) atoms. The minimum Gasteiger partial charge on any atom is -0.423 e. The Kier molecular flexibility index (Phi) is 3.79. The SMILES string of the molecule is Cc1nnc([C@@H](NC(=O)c2ccccc2C)C(N)=O)o1. The number of primary amides is 1. The van der Waals surface area contributed by atoms with Crippen LogP contribution in [-0.4, -0.2) is 22.0 Å². The second kappa shape index (κ2) is 5.52. The maximum Gasteiger partial charge on any atom is 0.252 e. The van der Waals surface area contributed by atoms with Gasteiger partial charge in [0.15, 0.2) is 6.04 Å². The van der Waals surface area contributed by atoms with Crippen molar-refractivity contribution in [1.29, 1.82) is 0 Å². The lowest BCUT2D eigenvalue weighted by Crippen LogP contribution is -2.38. The summed E-state index contributed by atoms with van der Waals surface area (Å²) in [7, 11) is 0. The van der Waals surface area contributed by atoms with Gasteiger partial charge in [0.05, 0.1) is 0 Å². The Hall–Kier alpha value is -2.70. The average molecular weight is 274 g/mol. The van der Waals surface area contributed by atoms with E-state index in [9.17, 15) is 9.59 Å². The van der Waals surface area contributed by atoms with Crippen LogP contribution in [0.3, 0.4) is 0 Å². The summed E-state index contributed by atoms with van der Waals surface area (Å²) in [5.41, 5.74) is 6.50. The van der Waals surface area contributed by atoms with Crippen LogP contribution < -0.4 is 11.1 Å². The Labute approximate surface area is 115 Å². The molecule has 1 aromatic heterocycles. The lowest BCUT2D eigenvalue weighted by Gasteiger charge is -2.12. The number of aryl methyl sites for hydroxylation is 2. The predicted molar refractivity (Wildman–Crippen MR) is 69.6 cm³/mol. The third-order valence-corrected chi connectivity index (χ3v) is 2.74. The third kappa shape index (κ3) is 2.82. The normalized spacial score (nSPS) is 11.9. The van der Waals surface area contributed by atoms with Crippen molar-refractivity contribution in [2.45, 2.75) is 19.9 Å². The van der Waals surface area contributed by atoms with E-state index in [0.717, 1.165) is 5.56 Å². The van der Waals surface area contributed by atoms with E-state index in [1.54, 1.807) is 32.0 Å². The van der Waals surface area contributed by atoms with Gasteiger partial charge in [0.25, 0.3) is 5.91 Å². The topological polar surface area (TPSA) is 111 Å². The Morgan fingerprint density at radius 3 is 2.50 bits per heavy atom. The van der Waals surface area contributed by atoms with Crippen molar-refractivity contribution < 1.29 is 14.0 Å². The van der Waals surface area contributed by atoms with Gasteiger partial charge in [-0.2, -0.15) is 0 Å². The number of hydrogen-bond acceptors (Lipinski definition) is 5. The average Bonchev–Trinajstić information content (AvgIpc) is 2.82. The molecule has 0 spiro atoms. The molecule has 104 valence electrons. The quantitative estimate of drug-likeness (QED) is 0.850. The van der Waals surface area contributed by atoms with Crippen LogP contribution in [0.1, 0.15) is 33.7 Å². The van der Waals surface area contributed by atoms with Crippen LogP contribution in [0.5, 0.6) is 0 Å². The Morgan fingerprint density at radius 2 is 1.95 bits per heavy atom. The van der Waals surface area contributed by atoms with Gasteiger partial charge in [0, 0.05) is 12.5 Å². The Bertz CT molecular complexity index is 651. The van der Waals surface area contributed by atoms with Crippen LogP contribution in [0.2, 0.25) is 0 Å². The summed E-state index contributed by atoms with van der Waals surface area (Å²) < 4.78 is 5.14. The predicted octanol–water partition coefficient (Wildman–Crippen LogP) is 0.643. The standard InChI is InChI=1S/C13H14N4O3/c1-7-5-3-4-6-9(7)12(19)15-10(11(14)18)13-17-16-8(2)20-13/h3-6,10H,1-2H3,(H2,14,18)(H,15,19)/t10-/m0/s1. The van der Waals surface area contributed by atoms with E-state index >= 15 is 0 Å². The highest BCUT2D eigenvalue weighted by atomic mass is 16.4. The maximum atomic E-state index is 12.2. The van der Waals surface area contributed by atoms with Crippen molar-refractivity contribution in [3.05, 3.63) is 47.2 Å². The molecule has 7 nitrogen and oxygen atoms in total. The number of nitrogens with zero attached hydrogens (tertiary/aromatic N) is 2. The number of hydrogen-bond donors (Lipinski definition) is 2. The van der Waals surface area contributed by atoms with E-state index in [0.29, 0.717) is 5.56 Å². The van der Waals surface area contributed by atoms with Crippen molar-refractivity contribution in [1.82, 2.24) is 15.5 Å². The number of aromatic nitrogens is 2. The summed E-state index contributed by atoms with van der Waals surface area (Å²) in [4.78, 5) is 23.6. The second-order valence-electron chi connectivity index (χ2n) is 4.28. The summed E-state index contributed by atoms with van der Waals surface area (Å²) >= 11 is 0. The van der Waals surface area contributed by atoms with Crippen LogP contribution in [0, 0.1) is 13.8 Å². The molecule has 1 atom stereocenters. The molecule has 0 aliphatic rings. The van der Waals surface area contributed by atoms with Gasteiger partial charge in [-0.15, -0.1) is 10.2 Å². The van der Waals surface area contributed by atoms with Crippen molar-refractivity contribution in [3.63, 3.8) is 0 Å². The highest BCUT2D eigenvalue weighted by molar-refractivity contribution is 5.98. The first-order valence-electron chi connectivity index (χ1n) is 5.95. The molecule has 0 saturated carbocycles. The van der Waals surface area contributed by atoms with E-state index in [1.807, 2.05) is 6.07 Å². The molecule has 2 rings (SSSR count). The van der Waals surface area contributed by atoms with Crippen molar-refractivity contribution in [2.75, 3.05) is 0 Å². The van der Waals surface area contributed by atoms with E-state index < -0.39 is 17.9 Å². The van der Waals surface area contributed by atoms with Crippen molar-refractivity contribution in [2.24, 2.45) is 5.73 Å². The van der Waals surface area contributed by atoms with E-state index in [2.05, 4.69) is 15.5 Å². The molecule has 0 unspecified atom stereocenters. The zero-order valence-electron chi connectivity index (χ0n) is 11.1. The van der Waals surface area contributed by atoms with Gasteiger partial charge >= 0.3 is 0 Å². The summed E-state index contributed by atoms with van der Waals surface area (Å²) in [6.45, 7) is 3.38. The summed E-state index contributed by atoms with van der Waals surface area (Å²) in [5, 5.41) is 9.81. The molecule has 0 bridgehead atoms. The van der Waals surface area contributed by atoms with Crippen molar-refractivity contribution >= 4 is 11.8 Å². The summed E-state index contributed by atoms with van der Waals surface area (Å²) in [5.74, 6) is -0.938. The van der Waals surface area contributed by atoms with E-state index in [1.165, 1.54) is 0 Å². The fourth-order valence-electron chi connectivity index (χ4n) is 1.72. The number of nitrogens with one attached hydrogen (secondary N) is 1. The van der Waals surface area contributed by atoms with Crippen LogP contribution >= 0.6 is 0 Å². The van der Waals surface area contributed by atoms with Gasteiger partial charge in [0.1, 0.15) is 0 Å². The zero-order valence-corrected chi connectivity index (χ0v) is 11.1. The number of amides is 2. The number of nitrogens with two attached hydrogens (primary N) is 1. The molecule has 0 aliphatic heterocycles. The highest BCUT2D eigenvalue weighted by Crippen LogP contribution is 2.13. The van der Waals surface area contributed by atoms with Gasteiger partial charge in [-0.25, -0.2) is 0 Å². The molecule has 2 amide bonds.